The largest absolute Gasteiger partial charge is 0.378 e. The predicted molar refractivity (Wildman–Crippen MR) is 114 cm³/mol. The number of fused-ring (bicyclic) bond motifs is 1. The summed E-state index contributed by atoms with van der Waals surface area (Å²) in [5, 5.41) is 2.99. The molecule has 0 saturated heterocycles. The molecule has 0 aliphatic rings. The molecule has 0 aliphatic heterocycles. The molecule has 2 aromatic carbocycles. The van der Waals surface area contributed by atoms with Gasteiger partial charge in [-0.1, -0.05) is 18.2 Å². The van der Waals surface area contributed by atoms with Gasteiger partial charge in [-0.15, -0.1) is 0 Å². The minimum atomic E-state index is -0.133. The number of nitrogens with zero attached hydrogens (tertiary/aromatic N) is 3. The molecule has 1 amide bonds. The van der Waals surface area contributed by atoms with E-state index in [1.807, 2.05) is 90.4 Å². The topological polar surface area (TPSA) is 49.6 Å². The zero-order valence-electron chi connectivity index (χ0n) is 16.2. The zero-order chi connectivity index (χ0) is 19.7. The van der Waals surface area contributed by atoms with Crippen LogP contribution in [0.3, 0.4) is 0 Å². The summed E-state index contributed by atoms with van der Waals surface area (Å²) in [5.41, 5.74) is 6.26. The monoisotopic (exact) mass is 370 g/mol. The fraction of sp³-hybridized carbons (Fsp3) is 0.130. The van der Waals surface area contributed by atoms with E-state index in [1.165, 1.54) is 5.56 Å². The molecule has 28 heavy (non-hydrogen) atoms. The van der Waals surface area contributed by atoms with Gasteiger partial charge in [0.2, 0.25) is 0 Å². The number of nitrogens with one attached hydrogen (secondary N) is 1. The van der Waals surface area contributed by atoms with Crippen LogP contribution in [-0.2, 0) is 0 Å². The lowest BCUT2D eigenvalue weighted by Gasteiger charge is -2.13. The van der Waals surface area contributed by atoms with Crippen LogP contribution in [0.4, 0.5) is 11.4 Å². The smallest absolute Gasteiger partial charge is 0.255 e. The van der Waals surface area contributed by atoms with Crippen molar-refractivity contribution in [2.24, 2.45) is 0 Å². The van der Waals surface area contributed by atoms with E-state index >= 15 is 0 Å². The molecule has 0 aliphatic carbocycles. The van der Waals surface area contributed by atoms with Gasteiger partial charge in [-0.2, -0.15) is 0 Å². The maximum Gasteiger partial charge on any atom is 0.255 e. The zero-order valence-corrected chi connectivity index (χ0v) is 16.2. The molecule has 140 valence electrons. The Morgan fingerprint density at radius 1 is 1.04 bits per heavy atom. The van der Waals surface area contributed by atoms with Crippen molar-refractivity contribution in [1.82, 2.24) is 9.38 Å². The van der Waals surface area contributed by atoms with Crippen molar-refractivity contribution in [2.45, 2.75) is 6.92 Å². The van der Waals surface area contributed by atoms with E-state index < -0.39 is 0 Å². The summed E-state index contributed by atoms with van der Waals surface area (Å²) >= 11 is 0. The summed E-state index contributed by atoms with van der Waals surface area (Å²) in [7, 11) is 3.91. The van der Waals surface area contributed by atoms with Crippen molar-refractivity contribution in [1.29, 1.82) is 0 Å². The molecule has 0 fully saturated rings. The SMILES string of the molecule is Cc1ccn2cc(-c3cccc(NC(=O)c4cccc(N(C)C)c4)c3)nc2c1. The van der Waals surface area contributed by atoms with Crippen LogP contribution in [0.2, 0.25) is 0 Å². The highest BCUT2D eigenvalue weighted by Gasteiger charge is 2.10. The number of aromatic nitrogens is 2. The van der Waals surface area contributed by atoms with Crippen molar-refractivity contribution in [3.05, 3.63) is 84.2 Å². The van der Waals surface area contributed by atoms with Gasteiger partial charge in [0.1, 0.15) is 5.65 Å². The molecule has 0 unspecified atom stereocenters. The van der Waals surface area contributed by atoms with E-state index in [4.69, 9.17) is 4.98 Å². The second-order valence-electron chi connectivity index (χ2n) is 7.08. The van der Waals surface area contributed by atoms with Crippen molar-refractivity contribution >= 4 is 22.9 Å². The Hall–Kier alpha value is -3.60. The van der Waals surface area contributed by atoms with Crippen molar-refractivity contribution in [3.63, 3.8) is 0 Å². The Kier molecular flexibility index (Phi) is 4.57. The van der Waals surface area contributed by atoms with Crippen LogP contribution >= 0.6 is 0 Å². The number of anilines is 2. The van der Waals surface area contributed by atoms with E-state index in [-0.39, 0.29) is 5.91 Å². The maximum atomic E-state index is 12.7. The summed E-state index contributed by atoms with van der Waals surface area (Å²) in [4.78, 5) is 19.3. The Morgan fingerprint density at radius 2 is 1.86 bits per heavy atom. The van der Waals surface area contributed by atoms with Crippen LogP contribution in [0.25, 0.3) is 16.9 Å². The molecular weight excluding hydrogens is 348 g/mol. The Balaban J connectivity index is 1.59. The molecule has 0 spiro atoms. The number of pyridine rings is 1. The molecular formula is C23H22N4O. The number of aryl methyl sites for hydroxylation is 1. The van der Waals surface area contributed by atoms with Gasteiger partial charge in [0, 0.05) is 49.0 Å². The number of imidazole rings is 1. The Bertz CT molecular complexity index is 1160. The summed E-state index contributed by atoms with van der Waals surface area (Å²) in [6.45, 7) is 2.05. The number of hydrogen-bond donors (Lipinski definition) is 1. The minimum absolute atomic E-state index is 0.133. The molecule has 0 atom stereocenters. The first-order valence-electron chi connectivity index (χ1n) is 9.14. The Morgan fingerprint density at radius 3 is 2.68 bits per heavy atom. The van der Waals surface area contributed by atoms with Crippen LogP contribution in [0.15, 0.2) is 73.1 Å². The van der Waals surface area contributed by atoms with Gasteiger partial charge in [0.15, 0.2) is 0 Å². The molecule has 0 radical (unpaired) electrons. The summed E-state index contributed by atoms with van der Waals surface area (Å²) < 4.78 is 2.00. The lowest BCUT2D eigenvalue weighted by atomic mass is 10.1. The third-order valence-corrected chi connectivity index (χ3v) is 4.66. The highest BCUT2D eigenvalue weighted by molar-refractivity contribution is 6.05. The first-order valence-corrected chi connectivity index (χ1v) is 9.14. The van der Waals surface area contributed by atoms with Crippen LogP contribution in [0.1, 0.15) is 15.9 Å². The van der Waals surface area contributed by atoms with Crippen LogP contribution in [0.5, 0.6) is 0 Å². The van der Waals surface area contributed by atoms with Crippen molar-refractivity contribution < 1.29 is 4.79 Å². The molecule has 2 heterocycles. The molecule has 0 saturated carbocycles. The van der Waals surface area contributed by atoms with E-state index in [0.717, 1.165) is 28.3 Å². The van der Waals surface area contributed by atoms with E-state index in [2.05, 4.69) is 18.3 Å². The molecule has 2 aromatic heterocycles. The number of carbonyl (C=O) groups is 1. The quantitative estimate of drug-likeness (QED) is 0.570. The lowest BCUT2D eigenvalue weighted by Crippen LogP contribution is -2.14. The standard InChI is InChI=1S/C23H22N4O/c1-16-10-11-27-15-21(25-22(27)12-16)17-6-4-8-19(13-17)24-23(28)18-7-5-9-20(14-18)26(2)3/h4-15H,1-3H3,(H,24,28). The molecule has 5 heteroatoms. The summed E-state index contributed by atoms with van der Waals surface area (Å²) in [5.74, 6) is -0.133. The van der Waals surface area contributed by atoms with Crippen LogP contribution in [-0.4, -0.2) is 29.4 Å². The second-order valence-corrected chi connectivity index (χ2v) is 7.08. The van der Waals surface area contributed by atoms with Gasteiger partial charge in [-0.25, -0.2) is 4.98 Å². The number of hydrogen-bond acceptors (Lipinski definition) is 3. The first-order chi connectivity index (χ1) is 13.5. The number of amides is 1. The van der Waals surface area contributed by atoms with E-state index in [9.17, 15) is 4.79 Å². The van der Waals surface area contributed by atoms with Gasteiger partial charge >= 0.3 is 0 Å². The van der Waals surface area contributed by atoms with Gasteiger partial charge < -0.3 is 14.6 Å². The molecule has 4 rings (SSSR count). The van der Waals surface area contributed by atoms with Crippen molar-refractivity contribution in [3.8, 4) is 11.3 Å². The number of rotatable bonds is 4. The van der Waals surface area contributed by atoms with E-state index in [1.54, 1.807) is 0 Å². The van der Waals surface area contributed by atoms with Gasteiger partial charge in [0.05, 0.1) is 5.69 Å². The highest BCUT2D eigenvalue weighted by Crippen LogP contribution is 2.23. The molecule has 5 nitrogen and oxygen atoms in total. The van der Waals surface area contributed by atoms with E-state index in [0.29, 0.717) is 5.56 Å². The highest BCUT2D eigenvalue weighted by atomic mass is 16.1. The number of carbonyl (C=O) groups excluding carboxylic acids is 1. The maximum absolute atomic E-state index is 12.7. The molecule has 4 aromatic rings. The minimum Gasteiger partial charge on any atom is -0.378 e. The lowest BCUT2D eigenvalue weighted by molar-refractivity contribution is 0.102. The summed E-state index contributed by atoms with van der Waals surface area (Å²) in [6, 6.07) is 19.4. The van der Waals surface area contributed by atoms with Gasteiger partial charge in [0.25, 0.3) is 5.91 Å². The molecule has 0 bridgehead atoms. The average Bonchev–Trinajstić information content (AvgIpc) is 3.11. The molecule has 1 N–H and O–H groups in total. The number of benzene rings is 2. The average molecular weight is 370 g/mol. The van der Waals surface area contributed by atoms with Gasteiger partial charge in [-0.3, -0.25) is 4.79 Å². The predicted octanol–water partition coefficient (Wildman–Crippen LogP) is 4.63. The van der Waals surface area contributed by atoms with Crippen LogP contribution in [0, 0.1) is 6.92 Å². The van der Waals surface area contributed by atoms with Gasteiger partial charge in [-0.05, 0) is 55.0 Å². The Labute approximate surface area is 164 Å². The van der Waals surface area contributed by atoms with Crippen LogP contribution < -0.4 is 10.2 Å². The normalized spacial score (nSPS) is 10.8. The first kappa shape index (κ1) is 17.8. The third-order valence-electron chi connectivity index (χ3n) is 4.66. The third kappa shape index (κ3) is 3.60. The fourth-order valence-electron chi connectivity index (χ4n) is 3.11. The summed E-state index contributed by atoms with van der Waals surface area (Å²) in [6.07, 6.45) is 4.00. The fourth-order valence-corrected chi connectivity index (χ4v) is 3.11. The van der Waals surface area contributed by atoms with Crippen molar-refractivity contribution in [2.75, 3.05) is 24.3 Å². The second kappa shape index (κ2) is 7.19.